The van der Waals surface area contributed by atoms with Crippen LogP contribution in [0.4, 0.5) is 5.69 Å². The quantitative estimate of drug-likeness (QED) is 0.798. The molecule has 0 bridgehead atoms. The largest absolute Gasteiger partial charge is 0.385 e. The van der Waals surface area contributed by atoms with Crippen molar-refractivity contribution in [3.63, 3.8) is 0 Å². The maximum Gasteiger partial charge on any atom is 0.0479 e. The predicted molar refractivity (Wildman–Crippen MR) is 80.8 cm³/mol. The molecule has 1 atom stereocenters. The molecule has 1 aromatic rings. The molecule has 1 aliphatic heterocycles. The van der Waals surface area contributed by atoms with Crippen molar-refractivity contribution < 1.29 is 4.74 Å². The zero-order valence-electron chi connectivity index (χ0n) is 12.2. The van der Waals surface area contributed by atoms with Gasteiger partial charge in [0, 0.05) is 38.5 Å². The summed E-state index contributed by atoms with van der Waals surface area (Å²) >= 11 is 0. The molecule has 0 amide bonds. The Bertz CT molecular complexity index is 381. The van der Waals surface area contributed by atoms with Crippen molar-refractivity contribution in [2.75, 3.05) is 38.3 Å². The molecule has 19 heavy (non-hydrogen) atoms. The van der Waals surface area contributed by atoms with E-state index in [1.165, 1.54) is 24.1 Å². The number of benzene rings is 1. The van der Waals surface area contributed by atoms with Gasteiger partial charge in [0.15, 0.2) is 0 Å². The van der Waals surface area contributed by atoms with Gasteiger partial charge >= 0.3 is 0 Å². The van der Waals surface area contributed by atoms with Crippen molar-refractivity contribution >= 4 is 5.69 Å². The van der Waals surface area contributed by atoms with Crippen molar-refractivity contribution in [3.8, 4) is 0 Å². The summed E-state index contributed by atoms with van der Waals surface area (Å²) in [6.45, 7) is 6.30. The number of anilines is 1. The second kappa shape index (κ2) is 7.51. The van der Waals surface area contributed by atoms with E-state index in [4.69, 9.17) is 4.74 Å². The lowest BCUT2D eigenvalue weighted by Crippen LogP contribution is -2.26. The first-order valence-corrected chi connectivity index (χ1v) is 7.43. The average molecular weight is 262 g/mol. The summed E-state index contributed by atoms with van der Waals surface area (Å²) in [7, 11) is 1.78. The van der Waals surface area contributed by atoms with Gasteiger partial charge in [0.25, 0.3) is 0 Å². The molecule has 106 valence electrons. The lowest BCUT2D eigenvalue weighted by atomic mass is 10.0. The third-order valence-electron chi connectivity index (χ3n) is 3.80. The highest BCUT2D eigenvalue weighted by molar-refractivity contribution is 5.55. The molecule has 0 fully saturated rings. The summed E-state index contributed by atoms with van der Waals surface area (Å²) in [6.07, 6.45) is 3.57. The molecular formula is C16H26N2O. The first-order valence-electron chi connectivity index (χ1n) is 7.43. The van der Waals surface area contributed by atoms with E-state index in [0.29, 0.717) is 6.04 Å². The van der Waals surface area contributed by atoms with Crippen LogP contribution in [0, 0.1) is 0 Å². The molecule has 0 spiro atoms. The molecule has 1 heterocycles. The summed E-state index contributed by atoms with van der Waals surface area (Å²) in [5.41, 5.74) is 2.86. The normalized spacial score (nSPS) is 19.1. The molecule has 0 saturated heterocycles. The maximum atomic E-state index is 5.17. The van der Waals surface area contributed by atoms with Crippen LogP contribution in [0.5, 0.6) is 0 Å². The average Bonchev–Trinajstić information content (AvgIpc) is 2.61. The Kier molecular flexibility index (Phi) is 5.67. The molecule has 3 nitrogen and oxygen atoms in total. The van der Waals surface area contributed by atoms with E-state index < -0.39 is 0 Å². The summed E-state index contributed by atoms with van der Waals surface area (Å²) in [4.78, 5) is 2.52. The predicted octanol–water partition coefficient (Wildman–Crippen LogP) is 2.97. The molecule has 1 aliphatic rings. The van der Waals surface area contributed by atoms with Crippen molar-refractivity contribution in [2.45, 2.75) is 32.2 Å². The van der Waals surface area contributed by atoms with E-state index in [1.807, 2.05) is 0 Å². The second-order valence-electron chi connectivity index (χ2n) is 5.14. The highest BCUT2D eigenvalue weighted by Gasteiger charge is 2.21. The first kappa shape index (κ1) is 14.4. The Balaban J connectivity index is 2.15. The van der Waals surface area contributed by atoms with Gasteiger partial charge in [0.05, 0.1) is 0 Å². The number of fused-ring (bicyclic) bond motifs is 1. The number of methoxy groups -OCH3 is 1. The third kappa shape index (κ3) is 3.71. The highest BCUT2D eigenvalue weighted by Crippen LogP contribution is 2.32. The minimum atomic E-state index is 0.508. The molecule has 0 aliphatic carbocycles. The van der Waals surface area contributed by atoms with Crippen LogP contribution in [0.25, 0.3) is 0 Å². The van der Waals surface area contributed by atoms with Crippen molar-refractivity contribution in [1.82, 2.24) is 5.32 Å². The van der Waals surface area contributed by atoms with Crippen LogP contribution >= 0.6 is 0 Å². The van der Waals surface area contributed by atoms with Gasteiger partial charge in [-0.1, -0.05) is 25.1 Å². The summed E-state index contributed by atoms with van der Waals surface area (Å²) in [5, 5.41) is 3.62. The van der Waals surface area contributed by atoms with Crippen LogP contribution in [0.3, 0.4) is 0 Å². The summed E-state index contributed by atoms with van der Waals surface area (Å²) in [5.74, 6) is 0. The van der Waals surface area contributed by atoms with Gasteiger partial charge in [-0.3, -0.25) is 0 Å². The molecule has 0 radical (unpaired) electrons. The zero-order valence-corrected chi connectivity index (χ0v) is 12.2. The zero-order chi connectivity index (χ0) is 13.5. The third-order valence-corrected chi connectivity index (χ3v) is 3.80. The molecule has 1 unspecified atom stereocenters. The number of hydrogen-bond donors (Lipinski definition) is 1. The molecule has 0 aromatic heterocycles. The molecular weight excluding hydrogens is 236 g/mol. The van der Waals surface area contributed by atoms with Crippen LogP contribution in [0.15, 0.2) is 24.3 Å². The number of ether oxygens (including phenoxy) is 1. The van der Waals surface area contributed by atoms with E-state index in [9.17, 15) is 0 Å². The Morgan fingerprint density at radius 1 is 1.37 bits per heavy atom. The van der Waals surface area contributed by atoms with Gasteiger partial charge in [-0.2, -0.15) is 0 Å². The summed E-state index contributed by atoms with van der Waals surface area (Å²) in [6, 6.07) is 9.35. The number of hydrogen-bond acceptors (Lipinski definition) is 3. The van der Waals surface area contributed by atoms with Gasteiger partial charge < -0.3 is 15.0 Å². The number of para-hydroxylation sites is 1. The second-order valence-corrected chi connectivity index (χ2v) is 5.14. The van der Waals surface area contributed by atoms with Gasteiger partial charge in [-0.05, 0) is 37.4 Å². The van der Waals surface area contributed by atoms with Crippen molar-refractivity contribution in [3.05, 3.63) is 29.8 Å². The number of nitrogens with zero attached hydrogens (tertiary/aromatic N) is 1. The SMILES string of the molecule is CCNC1CCCN(CCCOC)c2ccccc21. The van der Waals surface area contributed by atoms with Crippen molar-refractivity contribution in [2.24, 2.45) is 0 Å². The van der Waals surface area contributed by atoms with Gasteiger partial charge in [-0.15, -0.1) is 0 Å². The standard InChI is InChI=1S/C16H26N2O/c1-3-17-15-9-6-11-18(12-7-13-19-2)16-10-5-4-8-14(15)16/h4-5,8,10,15,17H,3,6-7,9,11-13H2,1-2H3. The fourth-order valence-corrected chi connectivity index (χ4v) is 2.92. The van der Waals surface area contributed by atoms with E-state index in [2.05, 4.69) is 41.4 Å². The Labute approximate surface area is 116 Å². The molecule has 1 aromatic carbocycles. The number of nitrogens with one attached hydrogen (secondary N) is 1. The minimum Gasteiger partial charge on any atom is -0.385 e. The van der Waals surface area contributed by atoms with E-state index >= 15 is 0 Å². The molecule has 3 heteroatoms. The van der Waals surface area contributed by atoms with E-state index in [0.717, 1.165) is 32.7 Å². The maximum absolute atomic E-state index is 5.17. The summed E-state index contributed by atoms with van der Waals surface area (Å²) < 4.78 is 5.17. The van der Waals surface area contributed by atoms with Crippen LogP contribution < -0.4 is 10.2 Å². The van der Waals surface area contributed by atoms with E-state index in [1.54, 1.807) is 7.11 Å². The highest BCUT2D eigenvalue weighted by atomic mass is 16.5. The van der Waals surface area contributed by atoms with Gasteiger partial charge in [0.2, 0.25) is 0 Å². The number of rotatable bonds is 6. The molecule has 1 N–H and O–H groups in total. The van der Waals surface area contributed by atoms with Crippen molar-refractivity contribution in [1.29, 1.82) is 0 Å². The Morgan fingerprint density at radius 2 is 2.21 bits per heavy atom. The Morgan fingerprint density at radius 3 is 3.00 bits per heavy atom. The lowest BCUT2D eigenvalue weighted by molar-refractivity contribution is 0.196. The molecule has 2 rings (SSSR count). The van der Waals surface area contributed by atoms with Crippen LogP contribution in [0.2, 0.25) is 0 Å². The topological polar surface area (TPSA) is 24.5 Å². The minimum absolute atomic E-state index is 0.508. The van der Waals surface area contributed by atoms with Crippen LogP contribution in [-0.2, 0) is 4.74 Å². The van der Waals surface area contributed by atoms with Gasteiger partial charge in [0.1, 0.15) is 0 Å². The first-order chi connectivity index (χ1) is 9.36. The fraction of sp³-hybridized carbons (Fsp3) is 0.625. The smallest absolute Gasteiger partial charge is 0.0479 e. The van der Waals surface area contributed by atoms with Crippen LogP contribution in [-0.4, -0.2) is 33.4 Å². The molecule has 0 saturated carbocycles. The monoisotopic (exact) mass is 262 g/mol. The van der Waals surface area contributed by atoms with Gasteiger partial charge in [-0.25, -0.2) is 0 Å². The van der Waals surface area contributed by atoms with Crippen LogP contribution in [0.1, 0.15) is 37.8 Å². The fourth-order valence-electron chi connectivity index (χ4n) is 2.92. The Hall–Kier alpha value is -1.06. The van der Waals surface area contributed by atoms with E-state index in [-0.39, 0.29) is 0 Å². The lowest BCUT2D eigenvalue weighted by Gasteiger charge is -2.26.